The Hall–Kier alpha value is -1.95. The van der Waals surface area contributed by atoms with Crippen molar-refractivity contribution in [3.8, 4) is 0 Å². The normalized spacial score (nSPS) is 22.0. The van der Waals surface area contributed by atoms with Gasteiger partial charge in [0.1, 0.15) is 0 Å². The number of amides is 2. The lowest BCUT2D eigenvalue weighted by atomic mass is 9.89. The van der Waals surface area contributed by atoms with Crippen molar-refractivity contribution < 1.29 is 19.1 Å². The van der Waals surface area contributed by atoms with E-state index in [9.17, 15) is 9.59 Å². The Bertz CT molecular complexity index is 651. The van der Waals surface area contributed by atoms with E-state index in [-0.39, 0.29) is 24.1 Å². The summed E-state index contributed by atoms with van der Waals surface area (Å²) < 4.78 is 10.3. The molecule has 1 fully saturated rings. The number of halogens is 1. The maximum atomic E-state index is 12.4. The summed E-state index contributed by atoms with van der Waals surface area (Å²) in [5.41, 5.74) is 1.80. The van der Waals surface area contributed by atoms with E-state index in [2.05, 4.69) is 0 Å². The summed E-state index contributed by atoms with van der Waals surface area (Å²) in [5, 5.41) is 0.617. The zero-order valence-corrected chi connectivity index (χ0v) is 14.6. The second kappa shape index (κ2) is 6.89. The van der Waals surface area contributed by atoms with Gasteiger partial charge in [0.25, 0.3) is 0 Å². The van der Waals surface area contributed by atoms with Crippen molar-refractivity contribution in [2.45, 2.75) is 32.2 Å². The number of nitrogens with zero attached hydrogens (tertiary/aromatic N) is 2. The molecule has 3 rings (SSSR count). The van der Waals surface area contributed by atoms with Crippen LogP contribution in [0.5, 0.6) is 0 Å². The second-order valence-electron chi connectivity index (χ2n) is 5.88. The molecule has 0 aromatic heterocycles. The van der Waals surface area contributed by atoms with Gasteiger partial charge in [0.15, 0.2) is 0 Å². The van der Waals surface area contributed by atoms with Crippen molar-refractivity contribution in [2.75, 3.05) is 31.2 Å². The average Bonchev–Trinajstić information content (AvgIpc) is 2.88. The van der Waals surface area contributed by atoms with Crippen LogP contribution in [-0.4, -0.2) is 49.4 Å². The third-order valence-corrected chi connectivity index (χ3v) is 4.78. The van der Waals surface area contributed by atoms with E-state index in [0.717, 1.165) is 11.3 Å². The molecule has 0 radical (unpaired) electrons. The van der Waals surface area contributed by atoms with Crippen LogP contribution in [0.3, 0.4) is 0 Å². The van der Waals surface area contributed by atoms with Crippen LogP contribution in [-0.2, 0) is 9.47 Å². The number of fused-ring (bicyclic) bond motifs is 3. The fourth-order valence-corrected chi connectivity index (χ4v) is 3.76. The van der Waals surface area contributed by atoms with Crippen LogP contribution in [0.15, 0.2) is 18.2 Å². The lowest BCUT2D eigenvalue weighted by molar-refractivity contribution is 0.0926. The minimum absolute atomic E-state index is 0.0151. The fourth-order valence-electron chi connectivity index (χ4n) is 3.58. The molecule has 2 aliphatic heterocycles. The van der Waals surface area contributed by atoms with E-state index in [1.807, 2.05) is 12.1 Å². The van der Waals surface area contributed by atoms with E-state index in [1.165, 1.54) is 0 Å². The SMILES string of the molecule is CCOC(=O)N1CCC2C(C1)c1cc(Cl)ccc1N2C(=O)OCC. The molecular formula is C17H21ClN2O4. The molecule has 130 valence electrons. The number of hydrogen-bond donors (Lipinski definition) is 0. The quantitative estimate of drug-likeness (QED) is 0.815. The maximum Gasteiger partial charge on any atom is 0.414 e. The molecule has 0 N–H and O–H groups in total. The number of hydrogen-bond acceptors (Lipinski definition) is 4. The van der Waals surface area contributed by atoms with Gasteiger partial charge in [-0.25, -0.2) is 9.59 Å². The second-order valence-corrected chi connectivity index (χ2v) is 6.32. The van der Waals surface area contributed by atoms with Crippen LogP contribution in [0.1, 0.15) is 31.7 Å². The first kappa shape index (κ1) is 16.9. The van der Waals surface area contributed by atoms with Gasteiger partial charge in [0, 0.05) is 24.0 Å². The van der Waals surface area contributed by atoms with Crippen LogP contribution in [0.4, 0.5) is 15.3 Å². The highest BCUT2D eigenvalue weighted by Gasteiger charge is 2.46. The van der Waals surface area contributed by atoms with Gasteiger partial charge in [0.05, 0.1) is 24.9 Å². The summed E-state index contributed by atoms with van der Waals surface area (Å²) in [6.07, 6.45) is 0.0153. The number of benzene rings is 1. The summed E-state index contributed by atoms with van der Waals surface area (Å²) in [6, 6.07) is 5.47. The molecule has 6 nitrogen and oxygen atoms in total. The molecule has 0 aliphatic carbocycles. The molecule has 1 saturated heterocycles. The number of carbonyl (C=O) groups excluding carboxylic acids is 2. The number of rotatable bonds is 2. The summed E-state index contributed by atoms with van der Waals surface area (Å²) in [7, 11) is 0. The summed E-state index contributed by atoms with van der Waals surface area (Å²) in [6.45, 7) is 5.31. The summed E-state index contributed by atoms with van der Waals surface area (Å²) in [5.74, 6) is 0.0151. The minimum atomic E-state index is -0.349. The Kier molecular flexibility index (Phi) is 4.85. The molecule has 2 aliphatic rings. The van der Waals surface area contributed by atoms with Crippen LogP contribution >= 0.6 is 11.6 Å². The van der Waals surface area contributed by atoms with Crippen molar-refractivity contribution >= 4 is 29.5 Å². The average molecular weight is 353 g/mol. The van der Waals surface area contributed by atoms with E-state index >= 15 is 0 Å². The zero-order valence-electron chi connectivity index (χ0n) is 13.8. The molecular weight excluding hydrogens is 332 g/mol. The van der Waals surface area contributed by atoms with Crippen LogP contribution in [0.2, 0.25) is 5.02 Å². The molecule has 0 spiro atoms. The highest BCUT2D eigenvalue weighted by molar-refractivity contribution is 6.30. The third-order valence-electron chi connectivity index (χ3n) is 4.55. The molecule has 7 heteroatoms. The molecule has 2 unspecified atom stereocenters. The number of ether oxygens (including phenoxy) is 2. The fraction of sp³-hybridized carbons (Fsp3) is 0.529. The van der Waals surface area contributed by atoms with E-state index in [0.29, 0.717) is 37.7 Å². The predicted molar refractivity (Wildman–Crippen MR) is 90.7 cm³/mol. The topological polar surface area (TPSA) is 59.1 Å². The third kappa shape index (κ3) is 2.90. The summed E-state index contributed by atoms with van der Waals surface area (Å²) in [4.78, 5) is 27.9. The van der Waals surface area contributed by atoms with E-state index in [4.69, 9.17) is 21.1 Å². The Morgan fingerprint density at radius 1 is 1.21 bits per heavy atom. The first-order valence-electron chi connectivity index (χ1n) is 8.24. The highest BCUT2D eigenvalue weighted by atomic mass is 35.5. The van der Waals surface area contributed by atoms with Crippen molar-refractivity contribution in [1.82, 2.24) is 4.90 Å². The molecule has 2 amide bonds. The van der Waals surface area contributed by atoms with Crippen molar-refractivity contribution in [3.05, 3.63) is 28.8 Å². The maximum absolute atomic E-state index is 12.4. The first-order valence-corrected chi connectivity index (χ1v) is 8.61. The number of piperidine rings is 1. The smallest absolute Gasteiger partial charge is 0.414 e. The molecule has 1 aromatic rings. The number of anilines is 1. The van der Waals surface area contributed by atoms with Crippen molar-refractivity contribution in [3.63, 3.8) is 0 Å². The van der Waals surface area contributed by atoms with Gasteiger partial charge < -0.3 is 14.4 Å². The highest BCUT2D eigenvalue weighted by Crippen LogP contribution is 2.46. The Labute approximate surface area is 146 Å². The predicted octanol–water partition coefficient (Wildman–Crippen LogP) is 3.63. The van der Waals surface area contributed by atoms with Gasteiger partial charge in [-0.15, -0.1) is 0 Å². The van der Waals surface area contributed by atoms with E-state index in [1.54, 1.807) is 29.7 Å². The first-order chi connectivity index (χ1) is 11.6. The van der Waals surface area contributed by atoms with E-state index < -0.39 is 0 Å². The lowest BCUT2D eigenvalue weighted by Crippen LogP contribution is -2.50. The van der Waals surface area contributed by atoms with Crippen molar-refractivity contribution in [1.29, 1.82) is 0 Å². The van der Waals surface area contributed by atoms with Crippen LogP contribution < -0.4 is 4.90 Å². The van der Waals surface area contributed by atoms with Crippen LogP contribution in [0.25, 0.3) is 0 Å². The van der Waals surface area contributed by atoms with Gasteiger partial charge in [-0.3, -0.25) is 4.90 Å². The minimum Gasteiger partial charge on any atom is -0.450 e. The Morgan fingerprint density at radius 2 is 1.92 bits per heavy atom. The molecule has 2 atom stereocenters. The van der Waals surface area contributed by atoms with Gasteiger partial charge in [-0.2, -0.15) is 0 Å². The van der Waals surface area contributed by atoms with Gasteiger partial charge >= 0.3 is 12.2 Å². The number of carbonyl (C=O) groups is 2. The van der Waals surface area contributed by atoms with Crippen molar-refractivity contribution in [2.24, 2.45) is 0 Å². The molecule has 0 saturated carbocycles. The Balaban J connectivity index is 1.91. The summed E-state index contributed by atoms with van der Waals surface area (Å²) >= 11 is 6.15. The van der Waals surface area contributed by atoms with Crippen LogP contribution in [0, 0.1) is 0 Å². The molecule has 1 aromatic carbocycles. The largest absolute Gasteiger partial charge is 0.450 e. The van der Waals surface area contributed by atoms with Gasteiger partial charge in [-0.05, 0) is 44.0 Å². The Morgan fingerprint density at radius 3 is 2.62 bits per heavy atom. The molecule has 0 bridgehead atoms. The van der Waals surface area contributed by atoms with Gasteiger partial charge in [0.2, 0.25) is 0 Å². The molecule has 2 heterocycles. The molecule has 24 heavy (non-hydrogen) atoms. The standard InChI is InChI=1S/C17H21ClN2O4/c1-3-23-16(21)19-8-7-15-13(10-19)12-9-11(18)5-6-14(12)20(15)17(22)24-4-2/h5-6,9,13,15H,3-4,7-8,10H2,1-2H3. The van der Waals surface area contributed by atoms with Gasteiger partial charge in [-0.1, -0.05) is 11.6 Å². The lowest BCUT2D eigenvalue weighted by Gasteiger charge is -2.37. The number of likely N-dealkylation sites (tertiary alicyclic amines) is 1. The monoisotopic (exact) mass is 352 g/mol. The zero-order chi connectivity index (χ0) is 17.3.